The Hall–Kier alpha value is -0.360. The van der Waals surface area contributed by atoms with Crippen LogP contribution in [0.4, 0.5) is 0 Å². The van der Waals surface area contributed by atoms with E-state index >= 15 is 0 Å². The van der Waals surface area contributed by atoms with Crippen molar-refractivity contribution in [2.75, 3.05) is 6.54 Å². The van der Waals surface area contributed by atoms with Gasteiger partial charge >= 0.3 is 0 Å². The van der Waals surface area contributed by atoms with Gasteiger partial charge in [0.05, 0.1) is 5.25 Å². The maximum Gasteiger partial charge on any atom is 0.238 e. The molecule has 0 saturated heterocycles. The highest BCUT2D eigenvalue weighted by atomic mass is 79.9. The summed E-state index contributed by atoms with van der Waals surface area (Å²) >= 11 is 3.07. The van der Waals surface area contributed by atoms with Crippen molar-refractivity contribution in [1.29, 1.82) is 0 Å². The molecule has 0 rings (SSSR count). The summed E-state index contributed by atoms with van der Waals surface area (Å²) in [5.41, 5.74) is 0. The van der Waals surface area contributed by atoms with Gasteiger partial charge in [0.1, 0.15) is 5.25 Å². The lowest BCUT2D eigenvalue weighted by Gasteiger charge is -2.15. The zero-order chi connectivity index (χ0) is 12.2. The van der Waals surface area contributed by atoms with Crippen molar-refractivity contribution in [3.8, 4) is 0 Å². The Balaban J connectivity index is 4.52. The van der Waals surface area contributed by atoms with Crippen LogP contribution in [0.1, 0.15) is 20.8 Å². The summed E-state index contributed by atoms with van der Waals surface area (Å²) < 4.78 is 23.8. The smallest absolute Gasteiger partial charge is 0.238 e. The monoisotopic (exact) mass is 297 g/mol. The number of carbonyl (C=O) groups excluding carboxylic acids is 1. The lowest BCUT2D eigenvalue weighted by molar-refractivity contribution is -0.120. The Kier molecular flexibility index (Phi) is 5.51. The SMILES string of the molecule is C=C(Br)CNC(=O)C(C)S(=O)(=O)C(C)C. The summed E-state index contributed by atoms with van der Waals surface area (Å²) in [5, 5.41) is 0.904. The molecule has 15 heavy (non-hydrogen) atoms. The number of nitrogens with one attached hydrogen (secondary N) is 1. The second-order valence-corrected chi connectivity index (χ2v) is 7.46. The Labute approximate surface area is 99.2 Å². The van der Waals surface area contributed by atoms with Gasteiger partial charge in [0.2, 0.25) is 5.91 Å². The lowest BCUT2D eigenvalue weighted by Crippen LogP contribution is -2.41. The molecule has 0 aliphatic heterocycles. The maximum absolute atomic E-state index is 11.6. The summed E-state index contributed by atoms with van der Waals surface area (Å²) in [6.45, 7) is 8.28. The first-order valence-corrected chi connectivity index (χ1v) is 6.93. The van der Waals surface area contributed by atoms with Crippen molar-refractivity contribution in [3.63, 3.8) is 0 Å². The molecule has 0 aliphatic carbocycles. The van der Waals surface area contributed by atoms with Crippen molar-refractivity contribution in [2.45, 2.75) is 31.3 Å². The molecule has 4 nitrogen and oxygen atoms in total. The van der Waals surface area contributed by atoms with Crippen molar-refractivity contribution < 1.29 is 13.2 Å². The highest BCUT2D eigenvalue weighted by molar-refractivity contribution is 9.11. The van der Waals surface area contributed by atoms with E-state index in [9.17, 15) is 13.2 Å². The average molecular weight is 298 g/mol. The molecule has 88 valence electrons. The Morgan fingerprint density at radius 2 is 1.87 bits per heavy atom. The average Bonchev–Trinajstić information content (AvgIpc) is 2.12. The number of rotatable bonds is 5. The van der Waals surface area contributed by atoms with Gasteiger partial charge in [0.15, 0.2) is 9.84 Å². The first-order valence-electron chi connectivity index (χ1n) is 4.53. The zero-order valence-electron chi connectivity index (χ0n) is 9.08. The molecule has 6 heteroatoms. The summed E-state index contributed by atoms with van der Waals surface area (Å²) in [7, 11) is -3.38. The fourth-order valence-corrected chi connectivity index (χ4v) is 2.22. The fourth-order valence-electron chi connectivity index (χ4n) is 0.884. The van der Waals surface area contributed by atoms with Crippen LogP contribution >= 0.6 is 15.9 Å². The van der Waals surface area contributed by atoms with Gasteiger partial charge in [-0.2, -0.15) is 0 Å². The van der Waals surface area contributed by atoms with E-state index in [-0.39, 0.29) is 6.54 Å². The molecule has 1 N–H and O–H groups in total. The highest BCUT2D eigenvalue weighted by Crippen LogP contribution is 2.09. The van der Waals surface area contributed by atoms with E-state index in [0.29, 0.717) is 4.48 Å². The van der Waals surface area contributed by atoms with Gasteiger partial charge in [-0.05, 0) is 20.8 Å². The number of sulfone groups is 1. The van der Waals surface area contributed by atoms with Crippen LogP contribution < -0.4 is 5.32 Å². The minimum Gasteiger partial charge on any atom is -0.350 e. The molecule has 0 aromatic heterocycles. The van der Waals surface area contributed by atoms with Gasteiger partial charge < -0.3 is 5.32 Å². The van der Waals surface area contributed by atoms with E-state index in [1.54, 1.807) is 13.8 Å². The molecule has 0 aromatic carbocycles. The molecule has 1 unspecified atom stereocenters. The third-order valence-corrected chi connectivity index (χ3v) is 4.77. The third-order valence-electron chi connectivity index (χ3n) is 1.97. The summed E-state index contributed by atoms with van der Waals surface area (Å²) in [4.78, 5) is 11.4. The molecule has 0 aromatic rings. The van der Waals surface area contributed by atoms with E-state index < -0.39 is 26.2 Å². The van der Waals surface area contributed by atoms with Crippen LogP contribution in [0.2, 0.25) is 0 Å². The number of amides is 1. The van der Waals surface area contributed by atoms with Crippen molar-refractivity contribution in [1.82, 2.24) is 5.32 Å². The number of halogens is 1. The van der Waals surface area contributed by atoms with Crippen LogP contribution in [-0.4, -0.2) is 31.4 Å². The van der Waals surface area contributed by atoms with Gasteiger partial charge in [-0.15, -0.1) is 0 Å². The summed E-state index contributed by atoms with van der Waals surface area (Å²) in [6.07, 6.45) is 0. The standard InChI is InChI=1S/C9H16BrNO3S/c1-6(2)15(13,14)8(4)9(12)11-5-7(3)10/h6,8H,3,5H2,1-2,4H3,(H,11,12). The van der Waals surface area contributed by atoms with Crippen molar-refractivity contribution in [2.24, 2.45) is 0 Å². The van der Waals surface area contributed by atoms with Crippen LogP contribution in [0.25, 0.3) is 0 Å². The summed E-state index contributed by atoms with van der Waals surface area (Å²) in [5.74, 6) is -0.496. The van der Waals surface area contributed by atoms with Crippen molar-refractivity contribution in [3.05, 3.63) is 11.1 Å². The van der Waals surface area contributed by atoms with Crippen molar-refractivity contribution >= 4 is 31.7 Å². The predicted octanol–water partition coefficient (Wildman–Crippen LogP) is 1.22. The largest absolute Gasteiger partial charge is 0.350 e. The molecule has 0 radical (unpaired) electrons. The van der Waals surface area contributed by atoms with Gasteiger partial charge in [-0.25, -0.2) is 8.42 Å². The predicted molar refractivity (Wildman–Crippen MR) is 64.6 cm³/mol. The molecular weight excluding hydrogens is 282 g/mol. The molecule has 0 heterocycles. The number of hydrogen-bond donors (Lipinski definition) is 1. The van der Waals surface area contributed by atoms with E-state index in [4.69, 9.17) is 0 Å². The minimum absolute atomic E-state index is 0.233. The summed E-state index contributed by atoms with van der Waals surface area (Å²) in [6, 6.07) is 0. The number of hydrogen-bond acceptors (Lipinski definition) is 3. The van der Waals surface area contributed by atoms with Gasteiger partial charge in [-0.3, -0.25) is 4.79 Å². The molecule has 1 atom stereocenters. The van der Waals surface area contributed by atoms with Crippen LogP contribution in [0.15, 0.2) is 11.1 Å². The molecule has 0 spiro atoms. The number of carbonyl (C=O) groups is 1. The van der Waals surface area contributed by atoms with Gasteiger partial charge in [0.25, 0.3) is 0 Å². The molecule has 0 fully saturated rings. The van der Waals surface area contributed by atoms with Gasteiger partial charge in [-0.1, -0.05) is 22.5 Å². The molecule has 0 saturated carbocycles. The molecular formula is C9H16BrNO3S. The van der Waals surface area contributed by atoms with Crippen LogP contribution in [0, 0.1) is 0 Å². The Bertz CT molecular complexity index is 348. The van der Waals surface area contributed by atoms with E-state index in [0.717, 1.165) is 0 Å². The second-order valence-electron chi connectivity index (χ2n) is 3.52. The third kappa shape index (κ3) is 4.34. The van der Waals surface area contributed by atoms with Crippen LogP contribution in [0.5, 0.6) is 0 Å². The molecule has 0 bridgehead atoms. The van der Waals surface area contributed by atoms with E-state index in [1.165, 1.54) is 6.92 Å². The highest BCUT2D eigenvalue weighted by Gasteiger charge is 2.30. The Morgan fingerprint density at radius 3 is 2.20 bits per heavy atom. The zero-order valence-corrected chi connectivity index (χ0v) is 11.5. The van der Waals surface area contributed by atoms with E-state index in [1.807, 2.05) is 0 Å². The Morgan fingerprint density at radius 1 is 1.40 bits per heavy atom. The van der Waals surface area contributed by atoms with Crippen LogP contribution in [-0.2, 0) is 14.6 Å². The minimum atomic E-state index is -3.38. The molecule has 0 aliphatic rings. The second kappa shape index (κ2) is 5.65. The fraction of sp³-hybridized carbons (Fsp3) is 0.667. The molecule has 1 amide bonds. The van der Waals surface area contributed by atoms with E-state index in [2.05, 4.69) is 27.8 Å². The lowest BCUT2D eigenvalue weighted by atomic mass is 10.4. The first kappa shape index (κ1) is 14.6. The maximum atomic E-state index is 11.6. The normalized spacial score (nSPS) is 13.7. The quantitative estimate of drug-likeness (QED) is 0.830. The van der Waals surface area contributed by atoms with Gasteiger partial charge in [0, 0.05) is 11.0 Å². The topological polar surface area (TPSA) is 63.2 Å². The van der Waals surface area contributed by atoms with Crippen LogP contribution in [0.3, 0.4) is 0 Å². The first-order chi connectivity index (χ1) is 6.69.